The van der Waals surface area contributed by atoms with Crippen molar-refractivity contribution in [3.8, 4) is 5.75 Å². The van der Waals surface area contributed by atoms with Crippen LogP contribution in [-0.2, 0) is 17.9 Å². The lowest BCUT2D eigenvalue weighted by Crippen LogP contribution is -2.34. The van der Waals surface area contributed by atoms with Gasteiger partial charge in [-0.3, -0.25) is 4.79 Å². The van der Waals surface area contributed by atoms with Crippen LogP contribution in [0.2, 0.25) is 0 Å². The van der Waals surface area contributed by atoms with Gasteiger partial charge in [0, 0.05) is 23.9 Å². The summed E-state index contributed by atoms with van der Waals surface area (Å²) in [7, 11) is 1.84. The van der Waals surface area contributed by atoms with Gasteiger partial charge in [0.15, 0.2) is 0 Å². The molecule has 0 aliphatic rings. The molecule has 1 unspecified atom stereocenters. The van der Waals surface area contributed by atoms with Crippen molar-refractivity contribution in [1.29, 1.82) is 0 Å². The number of imidazole rings is 1. The lowest BCUT2D eigenvalue weighted by molar-refractivity contribution is -0.132. The largest absolute Gasteiger partial charge is 0.489 e. The number of benzene rings is 3. The Bertz CT molecular complexity index is 1130. The van der Waals surface area contributed by atoms with Crippen molar-refractivity contribution in [2.45, 2.75) is 19.2 Å². The molecule has 1 amide bonds. The highest BCUT2D eigenvalue weighted by atomic mass is 79.9. The zero-order chi connectivity index (χ0) is 22.3. The normalized spacial score (nSPS) is 11.7. The molecule has 0 aliphatic heterocycles. The highest BCUT2D eigenvalue weighted by Gasteiger charge is 2.23. The van der Waals surface area contributed by atoms with Crippen molar-refractivity contribution in [3.05, 3.63) is 119 Å². The van der Waals surface area contributed by atoms with E-state index in [1.807, 2.05) is 85.9 Å². The third-order valence-corrected chi connectivity index (χ3v) is 5.82. The molecule has 32 heavy (non-hydrogen) atoms. The lowest BCUT2D eigenvalue weighted by atomic mass is 9.97. The topological polar surface area (TPSA) is 47.4 Å². The second kappa shape index (κ2) is 10.3. The van der Waals surface area contributed by atoms with Crippen LogP contribution in [0.1, 0.15) is 22.7 Å². The molecular formula is C26H24BrN3O2. The molecule has 1 heterocycles. The summed E-state index contributed by atoms with van der Waals surface area (Å²) in [4.78, 5) is 18.8. The quantitative estimate of drug-likeness (QED) is 0.329. The summed E-state index contributed by atoms with van der Waals surface area (Å²) in [5.74, 6) is 0.795. The number of nitrogens with zero attached hydrogens (tertiary/aromatic N) is 3. The van der Waals surface area contributed by atoms with Gasteiger partial charge in [-0.2, -0.15) is 0 Å². The van der Waals surface area contributed by atoms with E-state index in [0.717, 1.165) is 26.9 Å². The van der Waals surface area contributed by atoms with Gasteiger partial charge in [0.1, 0.15) is 18.9 Å². The molecule has 0 saturated heterocycles. The highest BCUT2D eigenvalue weighted by Crippen LogP contribution is 2.29. The van der Waals surface area contributed by atoms with Crippen LogP contribution in [0.5, 0.6) is 5.75 Å². The monoisotopic (exact) mass is 489 g/mol. The second-order valence-corrected chi connectivity index (χ2v) is 8.45. The van der Waals surface area contributed by atoms with Gasteiger partial charge < -0.3 is 14.2 Å². The Kier molecular flexibility index (Phi) is 7.02. The molecule has 1 aromatic heterocycles. The molecule has 0 N–H and O–H groups in total. The first-order chi connectivity index (χ1) is 15.6. The number of halogens is 1. The Morgan fingerprint density at radius 2 is 1.69 bits per heavy atom. The number of rotatable bonds is 8. The van der Waals surface area contributed by atoms with Crippen LogP contribution in [-0.4, -0.2) is 27.4 Å². The maximum Gasteiger partial charge on any atom is 0.243 e. The minimum absolute atomic E-state index is 0.00687. The number of carbonyl (C=O) groups excluding carboxylic acids is 1. The fourth-order valence-corrected chi connectivity index (χ4v) is 3.82. The highest BCUT2D eigenvalue weighted by molar-refractivity contribution is 9.10. The minimum Gasteiger partial charge on any atom is -0.489 e. The van der Waals surface area contributed by atoms with Crippen LogP contribution >= 0.6 is 15.9 Å². The van der Waals surface area contributed by atoms with Gasteiger partial charge in [-0.1, -0.05) is 70.5 Å². The van der Waals surface area contributed by atoms with E-state index < -0.39 is 0 Å². The van der Waals surface area contributed by atoms with Gasteiger partial charge in [-0.05, 0) is 41.0 Å². The zero-order valence-electron chi connectivity index (χ0n) is 17.8. The molecule has 6 heteroatoms. The SMILES string of the molecule is CN(C(=O)Cn1ccnc1)C(c1ccccc1)c1ccc(OCc2ccc(Br)cc2)cc1. The van der Waals surface area contributed by atoms with Crippen molar-refractivity contribution in [2.24, 2.45) is 0 Å². The summed E-state index contributed by atoms with van der Waals surface area (Å²) in [5, 5.41) is 0. The van der Waals surface area contributed by atoms with Gasteiger partial charge in [0.25, 0.3) is 0 Å². The molecule has 0 fully saturated rings. The number of carbonyl (C=O) groups is 1. The molecule has 0 bridgehead atoms. The van der Waals surface area contributed by atoms with Gasteiger partial charge in [0.05, 0.1) is 12.4 Å². The molecule has 3 aromatic carbocycles. The van der Waals surface area contributed by atoms with E-state index in [2.05, 4.69) is 20.9 Å². The van der Waals surface area contributed by atoms with E-state index in [9.17, 15) is 4.79 Å². The Hall–Kier alpha value is -3.38. The molecule has 1 atom stereocenters. The molecular weight excluding hydrogens is 466 g/mol. The molecule has 4 aromatic rings. The number of hydrogen-bond donors (Lipinski definition) is 0. The van der Waals surface area contributed by atoms with Crippen molar-refractivity contribution >= 4 is 21.8 Å². The van der Waals surface area contributed by atoms with E-state index in [1.54, 1.807) is 28.2 Å². The average molecular weight is 490 g/mol. The van der Waals surface area contributed by atoms with Gasteiger partial charge in [-0.25, -0.2) is 4.98 Å². The Labute approximate surface area is 196 Å². The fraction of sp³-hybridized carbons (Fsp3) is 0.154. The predicted molar refractivity (Wildman–Crippen MR) is 128 cm³/mol. The third kappa shape index (κ3) is 5.45. The number of amides is 1. The molecule has 0 aliphatic carbocycles. The molecule has 162 valence electrons. The molecule has 5 nitrogen and oxygen atoms in total. The van der Waals surface area contributed by atoms with Crippen LogP contribution in [0.25, 0.3) is 0 Å². The van der Waals surface area contributed by atoms with Crippen LogP contribution in [0.3, 0.4) is 0 Å². The number of likely N-dealkylation sites (N-methyl/N-ethyl adjacent to an activating group) is 1. The standard InChI is InChI=1S/C26H24BrN3O2/c1-29(25(31)17-30-16-15-28-19-30)26(21-5-3-2-4-6-21)22-9-13-24(14-10-22)32-18-20-7-11-23(27)12-8-20/h2-16,19,26H,17-18H2,1H3. The summed E-state index contributed by atoms with van der Waals surface area (Å²) in [5.41, 5.74) is 3.18. The van der Waals surface area contributed by atoms with Crippen LogP contribution in [0.15, 0.2) is 102 Å². The van der Waals surface area contributed by atoms with Gasteiger partial charge in [-0.15, -0.1) is 0 Å². The van der Waals surface area contributed by atoms with Crippen LogP contribution < -0.4 is 4.74 Å². The average Bonchev–Trinajstić information content (AvgIpc) is 3.33. The smallest absolute Gasteiger partial charge is 0.243 e. The van der Waals surface area contributed by atoms with Crippen LogP contribution in [0.4, 0.5) is 0 Å². The summed E-state index contributed by atoms with van der Waals surface area (Å²) in [6.45, 7) is 0.742. The maximum atomic E-state index is 13.0. The summed E-state index contributed by atoms with van der Waals surface area (Å²) < 4.78 is 8.77. The predicted octanol–water partition coefficient (Wildman–Crippen LogP) is 5.47. The van der Waals surface area contributed by atoms with Gasteiger partial charge in [0.2, 0.25) is 5.91 Å². The lowest BCUT2D eigenvalue weighted by Gasteiger charge is -2.29. The van der Waals surface area contributed by atoms with Gasteiger partial charge >= 0.3 is 0 Å². The van der Waals surface area contributed by atoms with Crippen molar-refractivity contribution in [1.82, 2.24) is 14.5 Å². The first-order valence-electron chi connectivity index (χ1n) is 10.3. The Morgan fingerprint density at radius 1 is 1.00 bits per heavy atom. The van der Waals surface area contributed by atoms with Crippen molar-refractivity contribution in [3.63, 3.8) is 0 Å². The molecule has 0 saturated carbocycles. The molecule has 0 radical (unpaired) electrons. The zero-order valence-corrected chi connectivity index (χ0v) is 19.4. The second-order valence-electron chi connectivity index (χ2n) is 7.54. The van der Waals surface area contributed by atoms with E-state index in [4.69, 9.17) is 4.74 Å². The number of hydrogen-bond acceptors (Lipinski definition) is 3. The number of ether oxygens (including phenoxy) is 1. The van der Waals surface area contributed by atoms with Crippen molar-refractivity contribution < 1.29 is 9.53 Å². The fourth-order valence-electron chi connectivity index (χ4n) is 3.56. The van der Waals surface area contributed by atoms with Crippen LogP contribution in [0, 0.1) is 0 Å². The summed E-state index contributed by atoms with van der Waals surface area (Å²) in [6, 6.07) is 25.9. The molecule has 4 rings (SSSR count). The van der Waals surface area contributed by atoms with Crippen molar-refractivity contribution in [2.75, 3.05) is 7.05 Å². The van der Waals surface area contributed by atoms with E-state index in [1.165, 1.54) is 0 Å². The maximum absolute atomic E-state index is 13.0. The Morgan fingerprint density at radius 3 is 2.34 bits per heavy atom. The van der Waals surface area contributed by atoms with E-state index in [-0.39, 0.29) is 18.5 Å². The molecule has 0 spiro atoms. The first-order valence-corrected chi connectivity index (χ1v) is 11.1. The number of aromatic nitrogens is 2. The third-order valence-electron chi connectivity index (χ3n) is 5.29. The van der Waals surface area contributed by atoms with E-state index >= 15 is 0 Å². The summed E-state index contributed by atoms with van der Waals surface area (Å²) in [6.07, 6.45) is 5.12. The Balaban J connectivity index is 1.51. The van der Waals surface area contributed by atoms with E-state index in [0.29, 0.717) is 6.61 Å². The summed E-state index contributed by atoms with van der Waals surface area (Å²) >= 11 is 3.45. The first kappa shape index (κ1) is 21.8. The minimum atomic E-state index is -0.201.